The maximum absolute atomic E-state index is 11.9. The highest BCUT2D eigenvalue weighted by Gasteiger charge is 2.27. The molecular formula is C11H9Cl2NO2S. The second kappa shape index (κ2) is 5.29. The minimum absolute atomic E-state index is 0.00324. The molecule has 0 spiro atoms. The molecule has 17 heavy (non-hydrogen) atoms. The molecule has 90 valence electrons. The third kappa shape index (κ3) is 2.94. The van der Waals surface area contributed by atoms with Crippen LogP contribution in [0.25, 0.3) is 0 Å². The van der Waals surface area contributed by atoms with E-state index in [1.165, 1.54) is 17.8 Å². The minimum Gasteiger partial charge on any atom is -0.341 e. The average molecular weight is 290 g/mol. The quantitative estimate of drug-likeness (QED) is 0.911. The number of hydrogen-bond donors (Lipinski definition) is 1. The van der Waals surface area contributed by atoms with E-state index >= 15 is 0 Å². The molecule has 1 aliphatic rings. The van der Waals surface area contributed by atoms with Crippen molar-refractivity contribution in [2.45, 2.75) is 12.5 Å². The van der Waals surface area contributed by atoms with Gasteiger partial charge in [0.25, 0.3) is 5.91 Å². The largest absolute Gasteiger partial charge is 0.341 e. The molecular weight excluding hydrogens is 281 g/mol. The third-order valence-corrected chi connectivity index (χ3v) is 3.99. The number of benzene rings is 1. The molecule has 1 aromatic carbocycles. The molecule has 1 atom stereocenters. The highest BCUT2D eigenvalue weighted by atomic mass is 35.5. The van der Waals surface area contributed by atoms with Gasteiger partial charge in [-0.05, 0) is 24.6 Å². The number of hydrogen-bond acceptors (Lipinski definition) is 3. The van der Waals surface area contributed by atoms with Crippen LogP contribution in [-0.2, 0) is 4.79 Å². The zero-order valence-corrected chi connectivity index (χ0v) is 11.0. The van der Waals surface area contributed by atoms with Gasteiger partial charge in [-0.2, -0.15) is 0 Å². The zero-order valence-electron chi connectivity index (χ0n) is 8.70. The Kier molecular flexibility index (Phi) is 3.97. The molecule has 1 saturated heterocycles. The fraction of sp³-hybridized carbons (Fsp3) is 0.273. The summed E-state index contributed by atoms with van der Waals surface area (Å²) in [6.45, 7) is 0. The van der Waals surface area contributed by atoms with Crippen LogP contribution in [0, 0.1) is 0 Å². The molecule has 0 aliphatic carbocycles. The molecule has 0 saturated carbocycles. The van der Waals surface area contributed by atoms with Crippen LogP contribution in [0.3, 0.4) is 0 Å². The summed E-state index contributed by atoms with van der Waals surface area (Å²) in [5, 5.41) is 3.42. The van der Waals surface area contributed by atoms with Crippen molar-refractivity contribution in [1.29, 1.82) is 0 Å². The Balaban J connectivity index is 2.14. The van der Waals surface area contributed by atoms with Gasteiger partial charge in [-0.25, -0.2) is 0 Å². The van der Waals surface area contributed by atoms with Gasteiger partial charge in [0.2, 0.25) is 5.12 Å². The van der Waals surface area contributed by atoms with E-state index in [2.05, 4.69) is 5.32 Å². The average Bonchev–Trinajstić information content (AvgIpc) is 2.68. The van der Waals surface area contributed by atoms with E-state index in [-0.39, 0.29) is 11.0 Å². The lowest BCUT2D eigenvalue weighted by Gasteiger charge is -2.11. The first-order valence-electron chi connectivity index (χ1n) is 5.00. The van der Waals surface area contributed by atoms with Crippen LogP contribution in [0.5, 0.6) is 0 Å². The number of carbonyl (C=O) groups is 2. The number of halogens is 2. The highest BCUT2D eigenvalue weighted by molar-refractivity contribution is 8.14. The predicted molar refractivity (Wildman–Crippen MR) is 69.8 cm³/mol. The van der Waals surface area contributed by atoms with Crippen LogP contribution < -0.4 is 5.32 Å². The van der Waals surface area contributed by atoms with Crippen LogP contribution >= 0.6 is 35.0 Å². The van der Waals surface area contributed by atoms with Crippen LogP contribution in [0.15, 0.2) is 18.2 Å². The molecule has 0 aromatic heterocycles. The van der Waals surface area contributed by atoms with E-state index in [1.807, 2.05) is 0 Å². The summed E-state index contributed by atoms with van der Waals surface area (Å²) >= 11 is 12.9. The van der Waals surface area contributed by atoms with Crippen molar-refractivity contribution in [2.24, 2.45) is 0 Å². The smallest absolute Gasteiger partial charge is 0.253 e. The normalized spacial score (nSPS) is 19.4. The third-order valence-electron chi connectivity index (χ3n) is 2.41. The Morgan fingerprint density at radius 2 is 2.18 bits per heavy atom. The second-order valence-electron chi connectivity index (χ2n) is 3.61. The fourth-order valence-electron chi connectivity index (χ4n) is 1.53. The molecule has 1 aromatic rings. The number of amides is 1. The van der Waals surface area contributed by atoms with Gasteiger partial charge in [-0.15, -0.1) is 0 Å². The lowest BCUT2D eigenvalue weighted by atomic mass is 10.2. The Morgan fingerprint density at radius 1 is 1.41 bits per heavy atom. The van der Waals surface area contributed by atoms with E-state index < -0.39 is 6.04 Å². The molecule has 1 amide bonds. The SMILES string of the molecule is O=C(N[C@H]1CCSC1=O)c1cc(Cl)ccc1Cl. The van der Waals surface area contributed by atoms with E-state index in [1.54, 1.807) is 12.1 Å². The van der Waals surface area contributed by atoms with E-state index in [0.717, 1.165) is 5.75 Å². The van der Waals surface area contributed by atoms with E-state index in [9.17, 15) is 9.59 Å². The lowest BCUT2D eigenvalue weighted by molar-refractivity contribution is -0.112. The predicted octanol–water partition coefficient (Wildman–Crippen LogP) is 2.76. The van der Waals surface area contributed by atoms with E-state index in [0.29, 0.717) is 22.0 Å². The topological polar surface area (TPSA) is 46.2 Å². The van der Waals surface area contributed by atoms with Crippen LogP contribution in [0.2, 0.25) is 10.0 Å². The number of thioether (sulfide) groups is 1. The van der Waals surface area contributed by atoms with Crippen molar-refractivity contribution in [3.05, 3.63) is 33.8 Å². The highest BCUT2D eigenvalue weighted by Crippen LogP contribution is 2.23. The van der Waals surface area contributed by atoms with Gasteiger partial charge < -0.3 is 5.32 Å². The van der Waals surface area contributed by atoms with Crippen molar-refractivity contribution < 1.29 is 9.59 Å². The van der Waals surface area contributed by atoms with Gasteiger partial charge >= 0.3 is 0 Å². The van der Waals surface area contributed by atoms with Crippen molar-refractivity contribution in [3.8, 4) is 0 Å². The molecule has 3 nitrogen and oxygen atoms in total. The van der Waals surface area contributed by atoms with Crippen molar-refractivity contribution in [3.63, 3.8) is 0 Å². The van der Waals surface area contributed by atoms with Crippen LogP contribution in [0.1, 0.15) is 16.8 Å². The Labute approximate surface area is 113 Å². The molecule has 1 heterocycles. The number of carbonyl (C=O) groups excluding carboxylic acids is 2. The summed E-state index contributed by atoms with van der Waals surface area (Å²) in [5.74, 6) is 0.380. The first-order chi connectivity index (χ1) is 8.08. The Bertz CT molecular complexity index is 479. The summed E-state index contributed by atoms with van der Waals surface area (Å²) in [4.78, 5) is 23.3. The first-order valence-corrected chi connectivity index (χ1v) is 6.74. The summed E-state index contributed by atoms with van der Waals surface area (Å²) in [7, 11) is 0. The van der Waals surface area contributed by atoms with Gasteiger partial charge in [0.1, 0.15) is 0 Å². The lowest BCUT2D eigenvalue weighted by Crippen LogP contribution is -2.37. The first kappa shape index (κ1) is 12.7. The van der Waals surface area contributed by atoms with Gasteiger partial charge in [0.15, 0.2) is 0 Å². The zero-order chi connectivity index (χ0) is 12.4. The molecule has 1 N–H and O–H groups in total. The van der Waals surface area contributed by atoms with Gasteiger partial charge in [0, 0.05) is 10.8 Å². The summed E-state index contributed by atoms with van der Waals surface area (Å²) in [5.41, 5.74) is 0.295. The van der Waals surface area contributed by atoms with Crippen molar-refractivity contribution >= 4 is 46.0 Å². The summed E-state index contributed by atoms with van der Waals surface area (Å²) in [6, 6.07) is 4.25. The van der Waals surface area contributed by atoms with Crippen LogP contribution in [0.4, 0.5) is 0 Å². The number of rotatable bonds is 2. The standard InChI is InChI=1S/C11H9Cl2NO2S/c12-6-1-2-8(13)7(5-6)10(15)14-9-3-4-17-11(9)16/h1-2,5,9H,3-4H2,(H,14,15)/t9-/m0/s1. The van der Waals surface area contributed by atoms with Gasteiger partial charge in [0.05, 0.1) is 16.6 Å². The monoisotopic (exact) mass is 289 g/mol. The van der Waals surface area contributed by atoms with Crippen molar-refractivity contribution in [2.75, 3.05) is 5.75 Å². The fourth-order valence-corrected chi connectivity index (χ4v) is 2.84. The van der Waals surface area contributed by atoms with E-state index in [4.69, 9.17) is 23.2 Å². The number of nitrogens with one attached hydrogen (secondary N) is 1. The molecule has 1 aliphatic heterocycles. The molecule has 6 heteroatoms. The maximum Gasteiger partial charge on any atom is 0.253 e. The molecule has 2 rings (SSSR count). The Morgan fingerprint density at radius 3 is 2.82 bits per heavy atom. The van der Waals surface area contributed by atoms with Crippen LogP contribution in [-0.4, -0.2) is 22.8 Å². The molecule has 0 radical (unpaired) electrons. The van der Waals surface area contributed by atoms with Gasteiger partial charge in [-0.1, -0.05) is 35.0 Å². The van der Waals surface area contributed by atoms with Crippen molar-refractivity contribution in [1.82, 2.24) is 5.32 Å². The molecule has 0 unspecified atom stereocenters. The molecule has 0 bridgehead atoms. The summed E-state index contributed by atoms with van der Waals surface area (Å²) < 4.78 is 0. The Hall–Kier alpha value is -0.710. The van der Waals surface area contributed by atoms with Gasteiger partial charge in [-0.3, -0.25) is 9.59 Å². The summed E-state index contributed by atoms with van der Waals surface area (Å²) in [6.07, 6.45) is 0.660. The minimum atomic E-state index is -0.414. The second-order valence-corrected chi connectivity index (χ2v) is 5.55. The maximum atomic E-state index is 11.9. The molecule has 1 fully saturated rings.